The maximum Gasteiger partial charge on any atom is 0.140 e. The fourth-order valence-electron chi connectivity index (χ4n) is 3.66. The molecular formula is C18H22ClN3O. The summed E-state index contributed by atoms with van der Waals surface area (Å²) in [6.07, 6.45) is 6.32. The Hall–Kier alpha value is -1.39. The Bertz CT molecular complexity index is 694. The van der Waals surface area contributed by atoms with E-state index in [4.69, 9.17) is 26.3 Å². The Labute approximate surface area is 141 Å². The fraction of sp³-hybridized carbons (Fsp3) is 0.556. The summed E-state index contributed by atoms with van der Waals surface area (Å²) in [6.45, 7) is 3.30. The summed E-state index contributed by atoms with van der Waals surface area (Å²) >= 11 is 6.20. The SMILES string of the molecule is Clc1ccc2c(N3CCOCC3)nc(C3CCCCC3)nc2c1. The van der Waals surface area contributed by atoms with Crippen molar-refractivity contribution in [3.63, 3.8) is 0 Å². The molecule has 2 heterocycles. The average Bonchev–Trinajstić information content (AvgIpc) is 2.62. The van der Waals surface area contributed by atoms with Crippen molar-refractivity contribution in [2.75, 3.05) is 31.2 Å². The monoisotopic (exact) mass is 331 g/mol. The summed E-state index contributed by atoms with van der Waals surface area (Å²) in [5.41, 5.74) is 0.967. The molecule has 5 heteroatoms. The van der Waals surface area contributed by atoms with Crippen molar-refractivity contribution in [1.82, 2.24) is 9.97 Å². The number of hydrogen-bond donors (Lipinski definition) is 0. The molecule has 1 aromatic heterocycles. The van der Waals surface area contributed by atoms with Crippen molar-refractivity contribution in [3.05, 3.63) is 29.0 Å². The van der Waals surface area contributed by atoms with E-state index < -0.39 is 0 Å². The Morgan fingerprint density at radius 3 is 2.61 bits per heavy atom. The first-order valence-electron chi connectivity index (χ1n) is 8.61. The number of ether oxygens (including phenoxy) is 1. The third kappa shape index (κ3) is 3.15. The van der Waals surface area contributed by atoms with Crippen LogP contribution in [-0.4, -0.2) is 36.3 Å². The molecule has 1 saturated heterocycles. The quantitative estimate of drug-likeness (QED) is 0.828. The number of hydrogen-bond acceptors (Lipinski definition) is 4. The lowest BCUT2D eigenvalue weighted by Gasteiger charge is -2.30. The van der Waals surface area contributed by atoms with Crippen LogP contribution in [0.5, 0.6) is 0 Å². The molecule has 2 aromatic rings. The van der Waals surface area contributed by atoms with Crippen molar-refractivity contribution >= 4 is 28.3 Å². The topological polar surface area (TPSA) is 38.2 Å². The van der Waals surface area contributed by atoms with E-state index in [0.29, 0.717) is 5.92 Å². The molecular weight excluding hydrogens is 310 g/mol. The van der Waals surface area contributed by atoms with E-state index in [0.717, 1.165) is 53.9 Å². The summed E-state index contributed by atoms with van der Waals surface area (Å²) < 4.78 is 5.49. The highest BCUT2D eigenvalue weighted by Crippen LogP contribution is 2.34. The molecule has 0 radical (unpaired) electrons. The van der Waals surface area contributed by atoms with Gasteiger partial charge in [0.2, 0.25) is 0 Å². The molecule has 0 unspecified atom stereocenters. The average molecular weight is 332 g/mol. The largest absolute Gasteiger partial charge is 0.378 e. The zero-order chi connectivity index (χ0) is 15.6. The molecule has 4 rings (SSSR count). The lowest BCUT2D eigenvalue weighted by molar-refractivity contribution is 0.122. The van der Waals surface area contributed by atoms with Gasteiger partial charge in [-0.05, 0) is 31.0 Å². The number of morpholine rings is 1. The van der Waals surface area contributed by atoms with E-state index in [2.05, 4.69) is 4.90 Å². The van der Waals surface area contributed by atoms with E-state index in [-0.39, 0.29) is 0 Å². The summed E-state index contributed by atoms with van der Waals surface area (Å²) in [5, 5.41) is 1.83. The summed E-state index contributed by atoms with van der Waals surface area (Å²) in [4.78, 5) is 12.2. The second-order valence-electron chi connectivity index (χ2n) is 6.50. The second-order valence-corrected chi connectivity index (χ2v) is 6.94. The standard InChI is InChI=1S/C18H22ClN3O/c19-14-6-7-15-16(12-14)20-17(13-4-2-1-3-5-13)21-18(15)22-8-10-23-11-9-22/h6-7,12-13H,1-5,8-11H2. The van der Waals surface area contributed by atoms with Crippen molar-refractivity contribution in [1.29, 1.82) is 0 Å². The summed E-state index contributed by atoms with van der Waals surface area (Å²) in [5.74, 6) is 2.54. The van der Waals surface area contributed by atoms with Crippen LogP contribution in [0.15, 0.2) is 18.2 Å². The van der Waals surface area contributed by atoms with Crippen LogP contribution in [0.4, 0.5) is 5.82 Å². The molecule has 1 saturated carbocycles. The number of aromatic nitrogens is 2. The zero-order valence-electron chi connectivity index (χ0n) is 13.3. The van der Waals surface area contributed by atoms with Gasteiger partial charge in [0.05, 0.1) is 18.7 Å². The Kier molecular flexibility index (Phi) is 4.36. The van der Waals surface area contributed by atoms with Gasteiger partial charge in [0.15, 0.2) is 0 Å². The number of halogens is 1. The molecule has 2 fully saturated rings. The van der Waals surface area contributed by atoms with Gasteiger partial charge in [-0.2, -0.15) is 0 Å². The minimum Gasteiger partial charge on any atom is -0.378 e. The van der Waals surface area contributed by atoms with Crippen molar-refractivity contribution in [3.8, 4) is 0 Å². The molecule has 0 N–H and O–H groups in total. The zero-order valence-corrected chi connectivity index (χ0v) is 14.1. The number of benzene rings is 1. The molecule has 1 aromatic carbocycles. The van der Waals surface area contributed by atoms with E-state index in [1.807, 2.05) is 18.2 Å². The molecule has 4 nitrogen and oxygen atoms in total. The number of anilines is 1. The number of nitrogens with zero attached hydrogens (tertiary/aromatic N) is 3. The van der Waals surface area contributed by atoms with Crippen LogP contribution in [0.3, 0.4) is 0 Å². The van der Waals surface area contributed by atoms with Gasteiger partial charge in [0.1, 0.15) is 11.6 Å². The highest BCUT2D eigenvalue weighted by Gasteiger charge is 2.22. The summed E-state index contributed by atoms with van der Waals surface area (Å²) in [7, 11) is 0. The fourth-order valence-corrected chi connectivity index (χ4v) is 3.83. The molecule has 1 aliphatic carbocycles. The first-order chi connectivity index (χ1) is 11.3. The van der Waals surface area contributed by atoms with Crippen LogP contribution in [0.25, 0.3) is 10.9 Å². The van der Waals surface area contributed by atoms with E-state index in [1.165, 1.54) is 32.1 Å². The van der Waals surface area contributed by atoms with Gasteiger partial charge in [0, 0.05) is 29.4 Å². The maximum absolute atomic E-state index is 6.20. The van der Waals surface area contributed by atoms with Gasteiger partial charge >= 0.3 is 0 Å². The van der Waals surface area contributed by atoms with Crippen LogP contribution in [0.2, 0.25) is 5.02 Å². The van der Waals surface area contributed by atoms with Gasteiger partial charge in [-0.15, -0.1) is 0 Å². The highest BCUT2D eigenvalue weighted by atomic mass is 35.5. The Morgan fingerprint density at radius 1 is 1.04 bits per heavy atom. The summed E-state index contributed by atoms with van der Waals surface area (Å²) in [6, 6.07) is 5.94. The van der Waals surface area contributed by atoms with Gasteiger partial charge in [-0.1, -0.05) is 30.9 Å². The van der Waals surface area contributed by atoms with Crippen LogP contribution < -0.4 is 4.90 Å². The van der Waals surface area contributed by atoms with Crippen LogP contribution in [-0.2, 0) is 4.74 Å². The van der Waals surface area contributed by atoms with Crippen LogP contribution >= 0.6 is 11.6 Å². The molecule has 0 bridgehead atoms. The number of fused-ring (bicyclic) bond motifs is 1. The Balaban J connectivity index is 1.80. The predicted octanol–water partition coefficient (Wildman–Crippen LogP) is 4.17. The van der Waals surface area contributed by atoms with Crippen molar-refractivity contribution < 1.29 is 4.74 Å². The smallest absolute Gasteiger partial charge is 0.140 e. The Morgan fingerprint density at radius 2 is 1.83 bits per heavy atom. The molecule has 122 valence electrons. The normalized spacial score (nSPS) is 20.1. The molecule has 2 aliphatic rings. The number of rotatable bonds is 2. The molecule has 23 heavy (non-hydrogen) atoms. The van der Waals surface area contributed by atoms with Gasteiger partial charge < -0.3 is 9.64 Å². The van der Waals surface area contributed by atoms with Crippen LogP contribution in [0.1, 0.15) is 43.8 Å². The third-order valence-corrected chi connectivity index (χ3v) is 5.17. The van der Waals surface area contributed by atoms with E-state index in [9.17, 15) is 0 Å². The molecule has 1 aliphatic heterocycles. The van der Waals surface area contributed by atoms with E-state index >= 15 is 0 Å². The molecule has 0 amide bonds. The van der Waals surface area contributed by atoms with Crippen LogP contribution in [0, 0.1) is 0 Å². The highest BCUT2D eigenvalue weighted by molar-refractivity contribution is 6.31. The third-order valence-electron chi connectivity index (χ3n) is 4.94. The second kappa shape index (κ2) is 6.62. The minimum absolute atomic E-state index is 0.493. The lowest BCUT2D eigenvalue weighted by Crippen LogP contribution is -2.37. The predicted molar refractivity (Wildman–Crippen MR) is 93.4 cm³/mol. The first kappa shape index (κ1) is 15.2. The first-order valence-corrected chi connectivity index (χ1v) is 8.99. The van der Waals surface area contributed by atoms with Gasteiger partial charge in [-0.25, -0.2) is 9.97 Å². The van der Waals surface area contributed by atoms with E-state index in [1.54, 1.807) is 0 Å². The molecule has 0 atom stereocenters. The lowest BCUT2D eigenvalue weighted by atomic mass is 9.88. The molecule has 0 spiro atoms. The minimum atomic E-state index is 0.493. The van der Waals surface area contributed by atoms with Gasteiger partial charge in [0.25, 0.3) is 0 Å². The van der Waals surface area contributed by atoms with Crippen molar-refractivity contribution in [2.24, 2.45) is 0 Å². The van der Waals surface area contributed by atoms with Crippen molar-refractivity contribution in [2.45, 2.75) is 38.0 Å². The van der Waals surface area contributed by atoms with Gasteiger partial charge in [-0.3, -0.25) is 0 Å². The maximum atomic E-state index is 6.20.